The van der Waals surface area contributed by atoms with Crippen LogP contribution in [0.1, 0.15) is 11.1 Å². The molecule has 4 nitrogen and oxygen atoms in total. The van der Waals surface area contributed by atoms with Crippen molar-refractivity contribution in [3.8, 4) is 12.1 Å². The maximum atomic E-state index is 8.85. The van der Waals surface area contributed by atoms with Crippen LogP contribution in [-0.4, -0.2) is 0 Å². The van der Waals surface area contributed by atoms with Crippen LogP contribution in [0.25, 0.3) is 0 Å². The van der Waals surface area contributed by atoms with Crippen molar-refractivity contribution in [3.05, 3.63) is 56.5 Å². The fourth-order valence-electron chi connectivity index (χ4n) is 1.55. The first kappa shape index (κ1) is 15.3. The fraction of sp³-hybridized carbons (Fsp3) is 0. The second kappa shape index (κ2) is 6.56. The normalized spacial score (nSPS) is 9.57. The number of hydrogen-bond donors (Lipinski definition) is 2. The smallest absolute Gasteiger partial charge is 0.101 e. The van der Waals surface area contributed by atoms with Crippen LogP contribution in [0.3, 0.4) is 0 Å². The Morgan fingerprint density at radius 3 is 2.05 bits per heavy atom. The molecular weight excluding hydrogens is 331 g/mol. The number of hydrazine groups is 1. The van der Waals surface area contributed by atoms with Crippen molar-refractivity contribution < 1.29 is 0 Å². The number of hydrogen-bond acceptors (Lipinski definition) is 4. The maximum absolute atomic E-state index is 8.85. The topological polar surface area (TPSA) is 71.6 Å². The average Bonchev–Trinajstić information content (AvgIpc) is 2.47. The summed E-state index contributed by atoms with van der Waals surface area (Å²) in [7, 11) is 0. The Morgan fingerprint density at radius 2 is 1.43 bits per heavy atom. The number of nitriles is 2. The first-order chi connectivity index (χ1) is 10.0. The predicted molar refractivity (Wildman–Crippen MR) is 84.6 cm³/mol. The second-order valence-electron chi connectivity index (χ2n) is 3.98. The molecular formula is C14H7Cl3N4. The van der Waals surface area contributed by atoms with Crippen LogP contribution in [0.4, 0.5) is 11.4 Å². The first-order valence-electron chi connectivity index (χ1n) is 5.66. The van der Waals surface area contributed by atoms with Gasteiger partial charge in [-0.1, -0.05) is 34.8 Å². The molecule has 21 heavy (non-hydrogen) atoms. The Labute approximate surface area is 136 Å². The molecule has 0 heterocycles. The average molecular weight is 338 g/mol. The Morgan fingerprint density at radius 1 is 0.762 bits per heavy atom. The maximum Gasteiger partial charge on any atom is 0.101 e. The Kier molecular flexibility index (Phi) is 4.77. The molecule has 7 heteroatoms. The monoisotopic (exact) mass is 336 g/mol. The molecule has 0 spiro atoms. The van der Waals surface area contributed by atoms with Gasteiger partial charge in [-0.05, 0) is 30.3 Å². The lowest BCUT2D eigenvalue weighted by Crippen LogP contribution is -2.09. The van der Waals surface area contributed by atoms with Gasteiger partial charge in [-0.3, -0.25) is 5.43 Å². The van der Waals surface area contributed by atoms with Crippen molar-refractivity contribution in [2.75, 3.05) is 10.9 Å². The van der Waals surface area contributed by atoms with Gasteiger partial charge in [0, 0.05) is 0 Å². The van der Waals surface area contributed by atoms with Crippen LogP contribution in [0.2, 0.25) is 15.1 Å². The largest absolute Gasteiger partial charge is 0.301 e. The van der Waals surface area contributed by atoms with E-state index in [0.717, 1.165) is 0 Å². The molecule has 0 saturated carbocycles. The minimum Gasteiger partial charge on any atom is -0.301 e. The van der Waals surface area contributed by atoms with Gasteiger partial charge in [-0.15, -0.1) is 0 Å². The zero-order chi connectivity index (χ0) is 15.4. The summed E-state index contributed by atoms with van der Waals surface area (Å²) >= 11 is 17.9. The summed E-state index contributed by atoms with van der Waals surface area (Å²) in [4.78, 5) is 0. The second-order valence-corrected chi connectivity index (χ2v) is 5.20. The van der Waals surface area contributed by atoms with Crippen LogP contribution >= 0.6 is 34.8 Å². The van der Waals surface area contributed by atoms with Crippen LogP contribution in [0.15, 0.2) is 30.3 Å². The van der Waals surface area contributed by atoms with Crippen molar-refractivity contribution in [2.45, 2.75) is 0 Å². The number of anilines is 2. The van der Waals surface area contributed by atoms with E-state index in [-0.39, 0.29) is 0 Å². The molecule has 0 aliphatic rings. The zero-order valence-electron chi connectivity index (χ0n) is 10.4. The molecule has 0 aromatic heterocycles. The number of nitrogens with one attached hydrogen (secondary N) is 2. The van der Waals surface area contributed by atoms with Crippen molar-refractivity contribution >= 4 is 46.2 Å². The molecule has 2 aromatic rings. The highest BCUT2D eigenvalue weighted by Gasteiger charge is 2.07. The molecule has 0 amide bonds. The third-order valence-corrected chi connectivity index (χ3v) is 3.55. The van der Waals surface area contributed by atoms with Crippen LogP contribution in [0.5, 0.6) is 0 Å². The molecule has 2 N–H and O–H groups in total. The molecule has 0 unspecified atom stereocenters. The Bertz CT molecular complexity index is 775. The summed E-state index contributed by atoms with van der Waals surface area (Å²) in [6.45, 7) is 0. The molecule has 2 rings (SSSR count). The van der Waals surface area contributed by atoms with Gasteiger partial charge >= 0.3 is 0 Å². The van der Waals surface area contributed by atoms with Crippen molar-refractivity contribution in [1.82, 2.24) is 0 Å². The molecule has 0 bridgehead atoms. The molecule has 0 atom stereocenters. The highest BCUT2D eigenvalue weighted by atomic mass is 35.5. The van der Waals surface area contributed by atoms with Gasteiger partial charge in [0.25, 0.3) is 0 Å². The number of rotatable bonds is 3. The van der Waals surface area contributed by atoms with Gasteiger partial charge in [0.15, 0.2) is 0 Å². The van der Waals surface area contributed by atoms with E-state index in [0.29, 0.717) is 37.6 Å². The summed E-state index contributed by atoms with van der Waals surface area (Å²) in [6.07, 6.45) is 0. The van der Waals surface area contributed by atoms with Gasteiger partial charge in [-0.2, -0.15) is 10.5 Å². The third-order valence-electron chi connectivity index (χ3n) is 2.61. The van der Waals surface area contributed by atoms with E-state index >= 15 is 0 Å². The van der Waals surface area contributed by atoms with Crippen LogP contribution in [-0.2, 0) is 0 Å². The van der Waals surface area contributed by atoms with E-state index in [2.05, 4.69) is 10.9 Å². The van der Waals surface area contributed by atoms with Crippen LogP contribution < -0.4 is 10.9 Å². The standard InChI is InChI=1S/C14H7Cl3N4/c15-11-4-10(2-1-8(11)6-18)20-21-14-5-12(16)9(7-19)3-13(14)17/h1-5,20-21H. The lowest BCUT2D eigenvalue weighted by molar-refractivity contribution is 1.40. The number of halogens is 3. The van der Waals surface area contributed by atoms with E-state index < -0.39 is 0 Å². The van der Waals surface area contributed by atoms with Crippen LogP contribution in [0, 0.1) is 22.7 Å². The molecule has 2 aromatic carbocycles. The van der Waals surface area contributed by atoms with Crippen molar-refractivity contribution in [2.24, 2.45) is 0 Å². The van der Waals surface area contributed by atoms with E-state index in [1.807, 2.05) is 12.1 Å². The lowest BCUT2D eigenvalue weighted by Gasteiger charge is -2.12. The van der Waals surface area contributed by atoms with Crippen molar-refractivity contribution in [3.63, 3.8) is 0 Å². The van der Waals surface area contributed by atoms with E-state index in [1.54, 1.807) is 24.3 Å². The lowest BCUT2D eigenvalue weighted by atomic mass is 10.2. The summed E-state index contributed by atoms with van der Waals surface area (Å²) in [5.74, 6) is 0. The molecule has 0 radical (unpaired) electrons. The SMILES string of the molecule is N#Cc1ccc(NNc2cc(Cl)c(C#N)cc2Cl)cc1Cl. The summed E-state index contributed by atoms with van der Waals surface area (Å²) in [5, 5.41) is 18.6. The van der Waals surface area contributed by atoms with E-state index in [9.17, 15) is 0 Å². The van der Waals surface area contributed by atoms with Gasteiger partial charge < -0.3 is 5.43 Å². The summed E-state index contributed by atoms with van der Waals surface area (Å²) in [6, 6.07) is 11.8. The molecule has 0 saturated heterocycles. The minimum absolute atomic E-state index is 0.295. The molecule has 0 aliphatic heterocycles. The Hall–Kier alpha value is -2.11. The van der Waals surface area contributed by atoms with Gasteiger partial charge in [0.05, 0.1) is 37.6 Å². The quantitative estimate of drug-likeness (QED) is 0.787. The minimum atomic E-state index is 0.295. The molecule has 0 aliphatic carbocycles. The third kappa shape index (κ3) is 3.51. The van der Waals surface area contributed by atoms with Crippen molar-refractivity contribution in [1.29, 1.82) is 10.5 Å². The highest BCUT2D eigenvalue weighted by Crippen LogP contribution is 2.29. The highest BCUT2D eigenvalue weighted by molar-refractivity contribution is 6.36. The summed E-state index contributed by atoms with van der Waals surface area (Å²) < 4.78 is 0. The first-order valence-corrected chi connectivity index (χ1v) is 6.79. The Balaban J connectivity index is 2.17. The van der Waals surface area contributed by atoms with E-state index in [4.69, 9.17) is 45.3 Å². The summed E-state index contributed by atoms with van der Waals surface area (Å²) in [5.41, 5.74) is 7.61. The van der Waals surface area contributed by atoms with Gasteiger partial charge in [-0.25, -0.2) is 0 Å². The number of benzene rings is 2. The molecule has 0 fully saturated rings. The van der Waals surface area contributed by atoms with E-state index in [1.165, 1.54) is 6.07 Å². The molecule has 104 valence electrons. The fourth-order valence-corrected chi connectivity index (χ4v) is 2.19. The zero-order valence-corrected chi connectivity index (χ0v) is 12.7. The van der Waals surface area contributed by atoms with Gasteiger partial charge in [0.1, 0.15) is 12.1 Å². The van der Waals surface area contributed by atoms with Gasteiger partial charge in [0.2, 0.25) is 0 Å². The predicted octanol–water partition coefficient (Wildman–Crippen LogP) is 4.83. The number of nitrogens with zero attached hydrogens (tertiary/aromatic N) is 2.